The number of aryl methyl sites for hydroxylation is 2. The van der Waals surface area contributed by atoms with Gasteiger partial charge in [0.15, 0.2) is 0 Å². The Kier molecular flexibility index (Phi) is 4.09. The number of nitrogens with zero attached hydrogens (tertiary/aromatic N) is 3. The summed E-state index contributed by atoms with van der Waals surface area (Å²) in [6.07, 6.45) is 1.52. The van der Waals surface area contributed by atoms with Gasteiger partial charge in [-0.1, -0.05) is 11.6 Å². The molecule has 0 atom stereocenters. The molecule has 20 heavy (non-hydrogen) atoms. The molecule has 0 saturated carbocycles. The molecule has 7 nitrogen and oxygen atoms in total. The standard InChI is InChI=1S/C12H14ClN5O2/c1-17-7-15-18(12(17)20)5-4-11(19)16-10-3-2-8(14)6-9(10)13/h2-3,6-7H,4-5,14H2,1H3,(H,16,19). The monoisotopic (exact) mass is 295 g/mol. The summed E-state index contributed by atoms with van der Waals surface area (Å²) in [6.45, 7) is 0.206. The summed E-state index contributed by atoms with van der Waals surface area (Å²) in [5, 5.41) is 6.89. The number of halogens is 1. The van der Waals surface area contributed by atoms with E-state index in [1.807, 2.05) is 0 Å². The van der Waals surface area contributed by atoms with E-state index in [4.69, 9.17) is 17.3 Å². The van der Waals surface area contributed by atoms with Gasteiger partial charge in [-0.3, -0.25) is 9.36 Å². The van der Waals surface area contributed by atoms with Crippen molar-refractivity contribution in [2.24, 2.45) is 7.05 Å². The van der Waals surface area contributed by atoms with Gasteiger partial charge >= 0.3 is 5.69 Å². The highest BCUT2D eigenvalue weighted by atomic mass is 35.5. The van der Waals surface area contributed by atoms with E-state index in [9.17, 15) is 9.59 Å². The molecule has 2 rings (SSSR count). The summed E-state index contributed by atoms with van der Waals surface area (Å²) in [5.41, 5.74) is 6.31. The number of hydrogen-bond acceptors (Lipinski definition) is 4. The van der Waals surface area contributed by atoms with Crippen LogP contribution in [0.4, 0.5) is 11.4 Å². The average Bonchev–Trinajstić information content (AvgIpc) is 2.71. The van der Waals surface area contributed by atoms with Crippen molar-refractivity contribution in [3.63, 3.8) is 0 Å². The summed E-state index contributed by atoms with van der Waals surface area (Å²) in [7, 11) is 1.60. The van der Waals surface area contributed by atoms with Crippen molar-refractivity contribution >= 4 is 28.9 Å². The van der Waals surface area contributed by atoms with Gasteiger partial charge < -0.3 is 11.1 Å². The van der Waals surface area contributed by atoms with Gasteiger partial charge in [0.25, 0.3) is 0 Å². The van der Waals surface area contributed by atoms with Crippen LogP contribution in [-0.2, 0) is 18.4 Å². The van der Waals surface area contributed by atoms with Crippen molar-refractivity contribution in [1.29, 1.82) is 0 Å². The molecule has 1 aromatic carbocycles. The number of anilines is 2. The molecule has 0 spiro atoms. The van der Waals surface area contributed by atoms with Crippen LogP contribution in [0.2, 0.25) is 5.02 Å². The molecule has 1 amide bonds. The van der Waals surface area contributed by atoms with Crippen LogP contribution in [0.25, 0.3) is 0 Å². The van der Waals surface area contributed by atoms with Crippen LogP contribution in [0.3, 0.4) is 0 Å². The van der Waals surface area contributed by atoms with Crippen LogP contribution < -0.4 is 16.7 Å². The Labute approximate surface area is 120 Å². The third kappa shape index (κ3) is 3.18. The fraction of sp³-hybridized carbons (Fsp3) is 0.250. The summed E-state index contributed by atoms with van der Waals surface area (Å²) in [6, 6.07) is 4.83. The van der Waals surface area contributed by atoms with Gasteiger partial charge in [-0.05, 0) is 18.2 Å². The second-order valence-electron chi connectivity index (χ2n) is 4.29. The van der Waals surface area contributed by atoms with Crippen LogP contribution in [-0.4, -0.2) is 20.3 Å². The van der Waals surface area contributed by atoms with Gasteiger partial charge in [0.1, 0.15) is 6.33 Å². The number of nitrogens with one attached hydrogen (secondary N) is 1. The van der Waals surface area contributed by atoms with Crippen LogP contribution in [0.1, 0.15) is 6.42 Å². The van der Waals surface area contributed by atoms with Gasteiger partial charge in [0, 0.05) is 19.2 Å². The largest absolute Gasteiger partial charge is 0.399 e. The van der Waals surface area contributed by atoms with Crippen molar-refractivity contribution in [2.45, 2.75) is 13.0 Å². The van der Waals surface area contributed by atoms with E-state index >= 15 is 0 Å². The smallest absolute Gasteiger partial charge is 0.345 e. The number of nitrogens with two attached hydrogens (primary N) is 1. The van der Waals surface area contributed by atoms with E-state index in [0.29, 0.717) is 16.4 Å². The number of rotatable bonds is 4. The Morgan fingerprint density at radius 1 is 1.50 bits per heavy atom. The van der Waals surface area contributed by atoms with E-state index in [1.54, 1.807) is 25.2 Å². The Balaban J connectivity index is 1.96. The first-order valence-electron chi connectivity index (χ1n) is 5.90. The maximum Gasteiger partial charge on any atom is 0.345 e. The number of aromatic nitrogens is 3. The SMILES string of the molecule is Cn1cnn(CCC(=O)Nc2ccc(N)cc2Cl)c1=O. The molecule has 0 fully saturated rings. The zero-order valence-corrected chi connectivity index (χ0v) is 11.6. The van der Waals surface area contributed by atoms with E-state index in [1.165, 1.54) is 15.6 Å². The van der Waals surface area contributed by atoms with Crippen LogP contribution in [0, 0.1) is 0 Å². The second-order valence-corrected chi connectivity index (χ2v) is 4.69. The second kappa shape index (κ2) is 5.79. The Morgan fingerprint density at radius 3 is 2.85 bits per heavy atom. The van der Waals surface area contributed by atoms with Crippen LogP contribution >= 0.6 is 11.6 Å². The maximum absolute atomic E-state index is 11.8. The van der Waals surface area contributed by atoms with Crippen molar-refractivity contribution in [3.05, 3.63) is 40.0 Å². The highest BCUT2D eigenvalue weighted by Gasteiger charge is 2.08. The Morgan fingerprint density at radius 2 is 2.25 bits per heavy atom. The molecule has 1 aromatic heterocycles. The molecule has 0 bridgehead atoms. The lowest BCUT2D eigenvalue weighted by atomic mass is 10.2. The Hall–Kier alpha value is -2.28. The van der Waals surface area contributed by atoms with Gasteiger partial charge in [-0.2, -0.15) is 5.10 Å². The van der Waals surface area contributed by atoms with Crippen molar-refractivity contribution in [2.75, 3.05) is 11.1 Å². The summed E-state index contributed by atoms with van der Waals surface area (Å²) in [4.78, 5) is 23.3. The first-order valence-corrected chi connectivity index (χ1v) is 6.28. The third-order valence-electron chi connectivity index (χ3n) is 2.70. The molecule has 106 valence electrons. The molecule has 0 radical (unpaired) electrons. The first-order chi connectivity index (χ1) is 9.47. The van der Waals surface area contributed by atoms with E-state index < -0.39 is 0 Å². The lowest BCUT2D eigenvalue weighted by molar-refractivity contribution is -0.116. The fourth-order valence-electron chi connectivity index (χ4n) is 1.63. The molecule has 1 heterocycles. The topological polar surface area (TPSA) is 94.9 Å². The minimum Gasteiger partial charge on any atom is -0.399 e. The third-order valence-corrected chi connectivity index (χ3v) is 3.02. The molecule has 0 saturated heterocycles. The molecular weight excluding hydrogens is 282 g/mol. The van der Waals surface area contributed by atoms with Crippen molar-refractivity contribution in [1.82, 2.24) is 14.3 Å². The molecule has 0 aliphatic heterocycles. The molecule has 0 aliphatic carbocycles. The molecular formula is C12H14ClN5O2. The quantitative estimate of drug-likeness (QED) is 0.817. The van der Waals surface area contributed by atoms with Crippen molar-refractivity contribution in [3.8, 4) is 0 Å². The van der Waals surface area contributed by atoms with Crippen LogP contribution in [0.5, 0.6) is 0 Å². The molecule has 0 unspecified atom stereocenters. The van der Waals surface area contributed by atoms with Crippen LogP contribution in [0.15, 0.2) is 29.3 Å². The predicted octanol–water partition coefficient (Wildman–Crippen LogP) is 0.846. The summed E-state index contributed by atoms with van der Waals surface area (Å²) >= 11 is 5.95. The fourth-order valence-corrected chi connectivity index (χ4v) is 1.86. The number of nitrogen functional groups attached to an aromatic ring is 1. The predicted molar refractivity (Wildman–Crippen MR) is 76.6 cm³/mol. The lowest BCUT2D eigenvalue weighted by Gasteiger charge is -2.07. The minimum atomic E-state index is -0.261. The molecule has 0 aliphatic rings. The Bertz CT molecular complexity index is 691. The average molecular weight is 296 g/mol. The van der Waals surface area contributed by atoms with Gasteiger partial charge in [0.2, 0.25) is 5.91 Å². The highest BCUT2D eigenvalue weighted by Crippen LogP contribution is 2.24. The zero-order chi connectivity index (χ0) is 14.7. The number of amides is 1. The normalized spacial score (nSPS) is 10.5. The van der Waals surface area contributed by atoms with E-state index in [0.717, 1.165) is 0 Å². The van der Waals surface area contributed by atoms with Gasteiger partial charge in [-0.15, -0.1) is 0 Å². The zero-order valence-electron chi connectivity index (χ0n) is 10.8. The summed E-state index contributed by atoms with van der Waals surface area (Å²) in [5.74, 6) is -0.255. The molecule has 3 N–H and O–H groups in total. The summed E-state index contributed by atoms with van der Waals surface area (Å²) < 4.78 is 2.57. The molecule has 2 aromatic rings. The lowest BCUT2D eigenvalue weighted by Crippen LogP contribution is -2.25. The number of carbonyl (C=O) groups is 1. The van der Waals surface area contributed by atoms with Crippen molar-refractivity contribution < 1.29 is 4.79 Å². The minimum absolute atomic E-state index is 0.123. The van der Waals surface area contributed by atoms with E-state index in [2.05, 4.69) is 10.4 Å². The van der Waals surface area contributed by atoms with Gasteiger partial charge in [-0.25, -0.2) is 9.48 Å². The molecule has 8 heteroatoms. The van der Waals surface area contributed by atoms with Gasteiger partial charge in [0.05, 0.1) is 17.3 Å². The highest BCUT2D eigenvalue weighted by molar-refractivity contribution is 6.34. The van der Waals surface area contributed by atoms with E-state index in [-0.39, 0.29) is 24.6 Å². The maximum atomic E-state index is 11.8. The number of carbonyl (C=O) groups excluding carboxylic acids is 1. The first kappa shape index (κ1) is 14.1. The number of hydrogen-bond donors (Lipinski definition) is 2. The number of benzene rings is 1.